The van der Waals surface area contributed by atoms with Crippen molar-refractivity contribution in [1.82, 2.24) is 20.4 Å². The third kappa shape index (κ3) is 6.34. The van der Waals surface area contributed by atoms with Crippen LogP contribution in [0.15, 0.2) is 12.3 Å². The van der Waals surface area contributed by atoms with Gasteiger partial charge in [0.25, 0.3) is 5.91 Å². The van der Waals surface area contributed by atoms with Crippen LogP contribution in [0.3, 0.4) is 0 Å². The molecule has 2 fully saturated rings. The van der Waals surface area contributed by atoms with E-state index in [-0.39, 0.29) is 23.9 Å². The molecule has 0 aromatic carbocycles. The van der Waals surface area contributed by atoms with Gasteiger partial charge in [-0.15, -0.1) is 0 Å². The smallest absolute Gasteiger partial charge is 0.258 e. The molecule has 0 spiro atoms. The number of hydrogen-bond donors (Lipinski definition) is 3. The lowest BCUT2D eigenvalue weighted by atomic mass is 9.68. The van der Waals surface area contributed by atoms with Gasteiger partial charge in [0.2, 0.25) is 11.8 Å². The molecule has 2 aliphatic rings. The normalized spacial score (nSPS) is 25.7. The van der Waals surface area contributed by atoms with E-state index >= 15 is 0 Å². The fraction of sp³-hybridized carbons (Fsp3) is 0.708. The average Bonchev–Trinajstić information content (AvgIpc) is 3.09. The van der Waals surface area contributed by atoms with Crippen molar-refractivity contribution in [3.8, 4) is 5.88 Å². The predicted molar refractivity (Wildman–Crippen MR) is 125 cm³/mol. The van der Waals surface area contributed by atoms with Crippen LogP contribution in [0.5, 0.6) is 5.88 Å². The molecule has 2 amide bonds. The lowest BCUT2D eigenvalue weighted by Crippen LogP contribution is -2.49. The molecular formula is C24H39N5O3. The van der Waals surface area contributed by atoms with E-state index in [1.165, 1.54) is 6.92 Å². The molecular weight excluding hydrogens is 406 g/mol. The van der Waals surface area contributed by atoms with E-state index in [2.05, 4.69) is 29.6 Å². The van der Waals surface area contributed by atoms with E-state index in [0.29, 0.717) is 35.8 Å². The molecule has 1 aromatic rings. The van der Waals surface area contributed by atoms with Crippen LogP contribution < -0.4 is 21.1 Å². The molecule has 0 saturated heterocycles. The molecule has 3 rings (SSSR count). The Bertz CT molecular complexity index is 843. The van der Waals surface area contributed by atoms with Gasteiger partial charge >= 0.3 is 0 Å². The maximum atomic E-state index is 13.2. The van der Waals surface area contributed by atoms with Crippen molar-refractivity contribution in [2.24, 2.45) is 23.5 Å². The highest BCUT2D eigenvalue weighted by atomic mass is 16.5. The lowest BCUT2D eigenvalue weighted by Gasteiger charge is -2.42. The second-order valence-electron chi connectivity index (χ2n) is 10.5. The molecule has 4 N–H and O–H groups in total. The van der Waals surface area contributed by atoms with Gasteiger partial charge in [0.05, 0.1) is 18.3 Å². The quantitative estimate of drug-likeness (QED) is 0.570. The summed E-state index contributed by atoms with van der Waals surface area (Å²) in [6.45, 7) is 9.85. The lowest BCUT2D eigenvalue weighted by molar-refractivity contribution is -0.120. The first kappa shape index (κ1) is 24.3. The fourth-order valence-electron chi connectivity index (χ4n) is 4.94. The summed E-state index contributed by atoms with van der Waals surface area (Å²) in [6, 6.07) is 0.379. The Morgan fingerprint density at radius 3 is 2.75 bits per heavy atom. The molecule has 2 aliphatic carbocycles. The van der Waals surface area contributed by atoms with E-state index in [4.69, 9.17) is 10.5 Å². The molecule has 32 heavy (non-hydrogen) atoms. The monoisotopic (exact) mass is 445 g/mol. The van der Waals surface area contributed by atoms with Crippen LogP contribution in [0.4, 0.5) is 0 Å². The van der Waals surface area contributed by atoms with Crippen molar-refractivity contribution in [2.75, 3.05) is 6.61 Å². The third-order valence-electron chi connectivity index (χ3n) is 6.33. The van der Waals surface area contributed by atoms with Crippen molar-refractivity contribution in [3.05, 3.63) is 17.8 Å². The Balaban J connectivity index is 1.77. The highest BCUT2D eigenvalue weighted by Crippen LogP contribution is 2.39. The number of carbonyl (C=O) groups is 2. The fourth-order valence-corrected chi connectivity index (χ4v) is 4.94. The van der Waals surface area contributed by atoms with Gasteiger partial charge in [-0.3, -0.25) is 9.59 Å². The number of fused-ring (bicyclic) bond motifs is 2. The predicted octanol–water partition coefficient (Wildman–Crippen LogP) is 2.94. The van der Waals surface area contributed by atoms with Crippen LogP contribution >= 0.6 is 0 Å². The molecule has 1 heterocycles. The Morgan fingerprint density at radius 2 is 2.06 bits per heavy atom. The van der Waals surface area contributed by atoms with Crippen molar-refractivity contribution in [2.45, 2.75) is 84.3 Å². The first-order chi connectivity index (χ1) is 15.0. The minimum Gasteiger partial charge on any atom is -0.477 e. The molecule has 8 heteroatoms. The summed E-state index contributed by atoms with van der Waals surface area (Å²) in [4.78, 5) is 24.7. The summed E-state index contributed by atoms with van der Waals surface area (Å²) in [5.41, 5.74) is 6.11. The van der Waals surface area contributed by atoms with Crippen LogP contribution in [-0.4, -0.2) is 45.8 Å². The first-order valence-electron chi connectivity index (χ1n) is 11.8. The van der Waals surface area contributed by atoms with Crippen molar-refractivity contribution in [1.29, 1.82) is 0 Å². The number of hydrogen-bond acceptors (Lipinski definition) is 5. The van der Waals surface area contributed by atoms with Gasteiger partial charge in [-0.1, -0.05) is 13.8 Å². The van der Waals surface area contributed by atoms with Crippen LogP contribution in [0, 0.1) is 17.8 Å². The molecule has 1 aromatic heterocycles. The van der Waals surface area contributed by atoms with Gasteiger partial charge in [0, 0.05) is 25.2 Å². The van der Waals surface area contributed by atoms with Gasteiger partial charge in [-0.25, -0.2) is 4.68 Å². The summed E-state index contributed by atoms with van der Waals surface area (Å²) in [5.74, 6) is 1.57. The van der Waals surface area contributed by atoms with E-state index in [1.807, 2.05) is 19.9 Å². The number of rotatable bonds is 8. The summed E-state index contributed by atoms with van der Waals surface area (Å²) in [5, 5.41) is 10.5. The standard InChI is InChI=1S/C24H39N5O3/c1-15(2)14-32-23-20(13-26-29(23)9-8-24(4,5)28-16(3)30)22(31)27-21-7-6-17-10-18(21)12-19(25)11-17/h8-9,13,15,17-19,21H,6-7,10-12,14,25H2,1-5H3,(H,27,31)(H,28,30)/b9-8+/t17?,18?,19?,21-/m1/s1. The summed E-state index contributed by atoms with van der Waals surface area (Å²) in [6.07, 6.45) is 10.5. The number of carbonyl (C=O) groups excluding carboxylic acids is 2. The van der Waals surface area contributed by atoms with Crippen molar-refractivity contribution < 1.29 is 14.3 Å². The van der Waals surface area contributed by atoms with E-state index in [1.54, 1.807) is 17.1 Å². The second-order valence-corrected chi connectivity index (χ2v) is 10.5. The Hall–Kier alpha value is -2.35. The van der Waals surface area contributed by atoms with Crippen LogP contribution in [0.25, 0.3) is 6.20 Å². The molecule has 0 radical (unpaired) electrons. The number of amides is 2. The summed E-state index contributed by atoms with van der Waals surface area (Å²) >= 11 is 0. The largest absolute Gasteiger partial charge is 0.477 e. The number of aromatic nitrogens is 2. The van der Waals surface area contributed by atoms with Crippen LogP contribution in [0.2, 0.25) is 0 Å². The van der Waals surface area contributed by atoms with E-state index in [9.17, 15) is 9.59 Å². The first-order valence-corrected chi connectivity index (χ1v) is 11.8. The van der Waals surface area contributed by atoms with Gasteiger partial charge < -0.3 is 21.1 Å². The van der Waals surface area contributed by atoms with Crippen LogP contribution in [0.1, 0.15) is 77.1 Å². The number of ether oxygens (including phenoxy) is 1. The zero-order chi connectivity index (χ0) is 23.5. The number of nitrogens with two attached hydrogens (primary N) is 1. The summed E-state index contributed by atoms with van der Waals surface area (Å²) < 4.78 is 7.57. The van der Waals surface area contributed by atoms with Gasteiger partial charge in [-0.2, -0.15) is 5.10 Å². The molecule has 178 valence electrons. The summed E-state index contributed by atoms with van der Waals surface area (Å²) in [7, 11) is 0. The highest BCUT2D eigenvalue weighted by Gasteiger charge is 2.37. The topological polar surface area (TPSA) is 111 Å². The molecule has 4 atom stereocenters. The minimum absolute atomic E-state index is 0.117. The SMILES string of the molecule is CC(=O)NC(C)(C)/C=C/n1ncc(C(=O)N[C@@H]2CCC3CC(N)CC2C3)c1OCC(C)C. The minimum atomic E-state index is -0.562. The Morgan fingerprint density at radius 1 is 1.31 bits per heavy atom. The molecule has 3 unspecified atom stereocenters. The van der Waals surface area contributed by atoms with Crippen molar-refractivity contribution in [3.63, 3.8) is 0 Å². The zero-order valence-corrected chi connectivity index (χ0v) is 20.1. The van der Waals surface area contributed by atoms with Gasteiger partial charge in [0.1, 0.15) is 5.56 Å². The molecule has 8 nitrogen and oxygen atoms in total. The average molecular weight is 446 g/mol. The second kappa shape index (κ2) is 10.1. The molecule has 2 bridgehead atoms. The number of nitrogens with zero attached hydrogens (tertiary/aromatic N) is 2. The maximum Gasteiger partial charge on any atom is 0.258 e. The van der Waals surface area contributed by atoms with Crippen molar-refractivity contribution >= 4 is 18.0 Å². The number of nitrogens with one attached hydrogen (secondary N) is 2. The molecule has 0 aliphatic heterocycles. The molecule has 2 saturated carbocycles. The van der Waals surface area contributed by atoms with Crippen LogP contribution in [-0.2, 0) is 4.79 Å². The Kier molecular flexibility index (Phi) is 7.64. The Labute approximate surface area is 191 Å². The third-order valence-corrected chi connectivity index (χ3v) is 6.33. The van der Waals surface area contributed by atoms with Gasteiger partial charge in [0.15, 0.2) is 0 Å². The van der Waals surface area contributed by atoms with E-state index in [0.717, 1.165) is 32.1 Å². The highest BCUT2D eigenvalue weighted by molar-refractivity contribution is 5.96. The zero-order valence-electron chi connectivity index (χ0n) is 20.1. The van der Waals surface area contributed by atoms with Gasteiger partial charge in [-0.05, 0) is 69.8 Å². The van der Waals surface area contributed by atoms with E-state index < -0.39 is 5.54 Å². The maximum absolute atomic E-state index is 13.2.